The number of carbonyl (C=O) groups is 2. The zero-order valence-corrected chi connectivity index (χ0v) is 21.2. The summed E-state index contributed by atoms with van der Waals surface area (Å²) in [5, 5.41) is 2.74. The number of nitrogens with one attached hydrogen (secondary N) is 1. The first kappa shape index (κ1) is 22.7. The number of hydrogen-bond donors (Lipinski definition) is 1. The average Bonchev–Trinajstić information content (AvgIpc) is 2.71. The molecule has 2 aliphatic heterocycles. The van der Waals surface area contributed by atoms with Crippen LogP contribution >= 0.6 is 28.1 Å². The van der Waals surface area contributed by atoms with Gasteiger partial charge in [0.15, 0.2) is 5.11 Å². The molecule has 0 bridgehead atoms. The number of halogens is 1. The molecule has 2 aromatic rings. The van der Waals surface area contributed by atoms with E-state index in [1.807, 2.05) is 19.1 Å². The van der Waals surface area contributed by atoms with Crippen LogP contribution in [0.5, 0.6) is 0 Å². The van der Waals surface area contributed by atoms with Gasteiger partial charge in [-0.25, -0.2) is 0 Å². The Kier molecular flexibility index (Phi) is 5.75. The van der Waals surface area contributed by atoms with Crippen molar-refractivity contribution in [2.45, 2.75) is 45.6 Å². The number of carbonyl (C=O) groups excluding carboxylic acids is 2. The van der Waals surface area contributed by atoms with Crippen LogP contribution in [0.1, 0.15) is 49.8 Å². The predicted octanol–water partition coefficient (Wildman–Crippen LogP) is 5.31. The highest BCUT2D eigenvalue weighted by Crippen LogP contribution is 2.43. The lowest BCUT2D eigenvalue weighted by Gasteiger charge is -2.45. The smallest absolute Gasteiger partial charge is 0.270 e. The molecule has 2 heterocycles. The third-order valence-electron chi connectivity index (χ3n) is 6.51. The van der Waals surface area contributed by atoms with E-state index < -0.39 is 11.8 Å². The Bertz CT molecular complexity index is 1170. The monoisotopic (exact) mass is 511 g/mol. The van der Waals surface area contributed by atoms with Crippen LogP contribution in [0.25, 0.3) is 6.08 Å². The van der Waals surface area contributed by atoms with Gasteiger partial charge in [-0.2, -0.15) is 0 Å². The highest BCUT2D eigenvalue weighted by molar-refractivity contribution is 9.10. The lowest BCUT2D eigenvalue weighted by Crippen LogP contribution is -2.54. The first-order valence-electron chi connectivity index (χ1n) is 10.5. The van der Waals surface area contributed by atoms with Gasteiger partial charge in [0.2, 0.25) is 0 Å². The molecule has 0 aromatic heterocycles. The minimum Gasteiger partial charge on any atom is -0.369 e. The second-order valence-electron chi connectivity index (χ2n) is 9.18. The molecular weight excluding hydrogens is 486 g/mol. The fourth-order valence-corrected chi connectivity index (χ4v) is 5.07. The lowest BCUT2D eigenvalue weighted by molar-refractivity contribution is -0.122. The maximum Gasteiger partial charge on any atom is 0.270 e. The van der Waals surface area contributed by atoms with Crippen LogP contribution in [0.3, 0.4) is 0 Å². The van der Waals surface area contributed by atoms with Gasteiger partial charge in [0.1, 0.15) is 5.57 Å². The molecule has 0 radical (unpaired) electrons. The summed E-state index contributed by atoms with van der Waals surface area (Å²) in [6.45, 7) is 8.74. The first-order valence-corrected chi connectivity index (χ1v) is 11.7. The second kappa shape index (κ2) is 8.12. The summed E-state index contributed by atoms with van der Waals surface area (Å²) in [4.78, 5) is 29.7. The number of thiocarbonyl (C=S) groups is 1. The minimum absolute atomic E-state index is 0.0684. The molecule has 4 rings (SSSR count). The Morgan fingerprint density at radius 2 is 1.84 bits per heavy atom. The standard InChI is InChI=1S/C25H26BrN3O2S/c1-14-10-21-19(15(2)13-25(3,4)28(21)5)11-16(14)12-20-22(30)27-24(32)29(23(20)31)18-8-6-17(26)7-9-18/h6-12,15H,13H2,1-5H3,(H,27,30,32)/b20-12-. The van der Waals surface area contributed by atoms with Crippen LogP contribution in [0.2, 0.25) is 0 Å². The predicted molar refractivity (Wildman–Crippen MR) is 137 cm³/mol. The van der Waals surface area contributed by atoms with E-state index in [0.717, 1.165) is 22.0 Å². The number of aryl methyl sites for hydroxylation is 1. The van der Waals surface area contributed by atoms with E-state index in [1.54, 1.807) is 18.2 Å². The number of hydrogen-bond acceptors (Lipinski definition) is 4. The minimum atomic E-state index is -0.475. The molecule has 0 saturated carbocycles. The maximum atomic E-state index is 13.3. The topological polar surface area (TPSA) is 52.7 Å². The molecule has 5 nitrogen and oxygen atoms in total. The van der Waals surface area contributed by atoms with Gasteiger partial charge < -0.3 is 4.90 Å². The lowest BCUT2D eigenvalue weighted by atomic mass is 9.79. The number of nitrogens with zero attached hydrogens (tertiary/aromatic N) is 2. The van der Waals surface area contributed by atoms with E-state index in [0.29, 0.717) is 11.6 Å². The largest absolute Gasteiger partial charge is 0.369 e. The van der Waals surface area contributed by atoms with Crippen molar-refractivity contribution in [3.8, 4) is 0 Å². The Balaban J connectivity index is 1.77. The Morgan fingerprint density at radius 3 is 2.50 bits per heavy atom. The van der Waals surface area contributed by atoms with Crippen molar-refractivity contribution in [1.29, 1.82) is 0 Å². The van der Waals surface area contributed by atoms with Crippen LogP contribution in [-0.4, -0.2) is 29.5 Å². The molecule has 1 atom stereocenters. The quantitative estimate of drug-likeness (QED) is 0.337. The molecule has 7 heteroatoms. The van der Waals surface area contributed by atoms with Gasteiger partial charge in [-0.1, -0.05) is 22.9 Å². The third-order valence-corrected chi connectivity index (χ3v) is 7.32. The van der Waals surface area contributed by atoms with Crippen LogP contribution in [-0.2, 0) is 9.59 Å². The van der Waals surface area contributed by atoms with Crippen LogP contribution in [0, 0.1) is 6.92 Å². The Hall–Kier alpha value is -2.51. The van der Waals surface area contributed by atoms with Crippen LogP contribution in [0.4, 0.5) is 11.4 Å². The summed E-state index contributed by atoms with van der Waals surface area (Å²) in [6, 6.07) is 11.5. The van der Waals surface area contributed by atoms with Gasteiger partial charge in [0, 0.05) is 22.7 Å². The second-order valence-corrected chi connectivity index (χ2v) is 10.5. The number of benzene rings is 2. The average molecular weight is 512 g/mol. The van der Waals surface area contributed by atoms with Crippen molar-refractivity contribution in [3.63, 3.8) is 0 Å². The van der Waals surface area contributed by atoms with Crippen molar-refractivity contribution < 1.29 is 9.59 Å². The molecule has 1 N–H and O–H groups in total. The summed E-state index contributed by atoms with van der Waals surface area (Å²) in [6.07, 6.45) is 2.72. The molecule has 2 aromatic carbocycles. The van der Waals surface area contributed by atoms with Gasteiger partial charge in [0.25, 0.3) is 11.8 Å². The van der Waals surface area contributed by atoms with Crippen molar-refractivity contribution >= 4 is 62.5 Å². The highest BCUT2D eigenvalue weighted by Gasteiger charge is 2.36. The normalized spacial score (nSPS) is 21.6. The SMILES string of the molecule is Cc1cc2c(cc1/C=C1/C(=O)NC(=S)N(c3ccc(Br)cc3)C1=O)C(C)CC(C)(C)N2C. The van der Waals surface area contributed by atoms with Crippen LogP contribution < -0.4 is 15.1 Å². The van der Waals surface area contributed by atoms with Crippen molar-refractivity contribution in [1.82, 2.24) is 5.32 Å². The zero-order valence-electron chi connectivity index (χ0n) is 18.8. The van der Waals surface area contributed by atoms with Crippen LogP contribution in [0.15, 0.2) is 46.4 Å². The van der Waals surface area contributed by atoms with E-state index in [9.17, 15) is 9.59 Å². The fraction of sp³-hybridized carbons (Fsp3) is 0.320. The van der Waals surface area contributed by atoms with Crippen molar-refractivity contribution in [2.75, 3.05) is 16.8 Å². The summed E-state index contributed by atoms with van der Waals surface area (Å²) >= 11 is 8.70. The highest BCUT2D eigenvalue weighted by atomic mass is 79.9. The molecule has 0 spiro atoms. The number of anilines is 2. The van der Waals surface area contributed by atoms with Crippen molar-refractivity contribution in [3.05, 3.63) is 63.1 Å². The molecule has 2 amide bonds. The molecular formula is C25H26BrN3O2S. The maximum absolute atomic E-state index is 13.3. The number of amides is 2. The zero-order chi connectivity index (χ0) is 23.4. The first-order chi connectivity index (χ1) is 15.0. The molecule has 1 fully saturated rings. The summed E-state index contributed by atoms with van der Waals surface area (Å²) in [5.41, 5.74) is 5.05. The van der Waals surface area contributed by atoms with Gasteiger partial charge >= 0.3 is 0 Å². The van der Waals surface area contributed by atoms with Crippen molar-refractivity contribution in [2.24, 2.45) is 0 Å². The van der Waals surface area contributed by atoms with E-state index in [-0.39, 0.29) is 16.2 Å². The van der Waals surface area contributed by atoms with E-state index in [1.165, 1.54) is 16.2 Å². The molecule has 1 saturated heterocycles. The molecule has 0 aliphatic carbocycles. The molecule has 1 unspecified atom stereocenters. The summed E-state index contributed by atoms with van der Waals surface area (Å²) in [5.74, 6) is -0.530. The molecule has 32 heavy (non-hydrogen) atoms. The van der Waals surface area contributed by atoms with Gasteiger partial charge in [-0.15, -0.1) is 0 Å². The van der Waals surface area contributed by atoms with Gasteiger partial charge in [0.05, 0.1) is 5.69 Å². The summed E-state index contributed by atoms with van der Waals surface area (Å²) in [7, 11) is 2.12. The van der Waals surface area contributed by atoms with E-state index >= 15 is 0 Å². The Labute approximate surface area is 202 Å². The third kappa shape index (κ3) is 3.88. The number of fused-ring (bicyclic) bond motifs is 1. The molecule has 166 valence electrons. The number of rotatable bonds is 2. The van der Waals surface area contributed by atoms with E-state index in [2.05, 4.69) is 66.1 Å². The fourth-order valence-electron chi connectivity index (χ4n) is 4.53. The summed E-state index contributed by atoms with van der Waals surface area (Å²) < 4.78 is 0.892. The molecule has 2 aliphatic rings. The Morgan fingerprint density at radius 1 is 1.19 bits per heavy atom. The van der Waals surface area contributed by atoms with E-state index in [4.69, 9.17) is 12.2 Å². The van der Waals surface area contributed by atoms with Gasteiger partial charge in [-0.05, 0) is 104 Å². The van der Waals surface area contributed by atoms with Gasteiger partial charge in [-0.3, -0.25) is 19.8 Å².